The summed E-state index contributed by atoms with van der Waals surface area (Å²) in [7, 11) is 0. The van der Waals surface area contributed by atoms with Crippen molar-refractivity contribution in [3.8, 4) is 6.07 Å². The fourth-order valence-electron chi connectivity index (χ4n) is 4.17. The first-order chi connectivity index (χ1) is 12.1. The average Bonchev–Trinajstić information content (AvgIpc) is 3.14. The lowest BCUT2D eigenvalue weighted by atomic mass is 9.78. The minimum atomic E-state index is -0.557. The smallest absolute Gasteiger partial charge is 0.252 e. The number of carbonyl (C=O) groups excluding carboxylic acids is 1. The van der Waals surface area contributed by atoms with E-state index in [0.717, 1.165) is 35.1 Å². The number of aryl methyl sites for hydroxylation is 1. The first-order valence-corrected chi connectivity index (χ1v) is 8.69. The van der Waals surface area contributed by atoms with Crippen LogP contribution >= 0.6 is 0 Å². The third-order valence-corrected chi connectivity index (χ3v) is 5.49. The topological polar surface area (TPSA) is 52.9 Å². The van der Waals surface area contributed by atoms with Crippen molar-refractivity contribution in [3.63, 3.8) is 0 Å². The molecule has 2 atom stereocenters. The van der Waals surface area contributed by atoms with E-state index < -0.39 is 5.41 Å². The number of hydrogen-bond acceptors (Lipinski definition) is 2. The third-order valence-electron chi connectivity index (χ3n) is 5.49. The van der Waals surface area contributed by atoms with Gasteiger partial charge < -0.3 is 5.32 Å². The van der Waals surface area contributed by atoms with E-state index in [9.17, 15) is 10.1 Å². The third kappa shape index (κ3) is 2.55. The molecule has 0 saturated heterocycles. The summed E-state index contributed by atoms with van der Waals surface area (Å²) >= 11 is 0. The van der Waals surface area contributed by atoms with E-state index in [1.807, 2.05) is 49.4 Å². The number of fused-ring (bicyclic) bond motifs is 1. The molecule has 0 spiro atoms. The van der Waals surface area contributed by atoms with Gasteiger partial charge in [-0.2, -0.15) is 5.26 Å². The highest BCUT2D eigenvalue weighted by atomic mass is 16.2. The van der Waals surface area contributed by atoms with Crippen LogP contribution in [0, 0.1) is 23.7 Å². The predicted molar refractivity (Wildman–Crippen MR) is 97.5 cm³/mol. The highest BCUT2D eigenvalue weighted by molar-refractivity contribution is 6.23. The summed E-state index contributed by atoms with van der Waals surface area (Å²) in [4.78, 5) is 12.7. The molecule has 0 bridgehead atoms. The van der Waals surface area contributed by atoms with Crippen LogP contribution in [0.4, 0.5) is 0 Å². The van der Waals surface area contributed by atoms with Crippen LogP contribution in [-0.2, 0) is 11.2 Å². The zero-order chi connectivity index (χ0) is 17.4. The fourth-order valence-corrected chi connectivity index (χ4v) is 4.17. The molecule has 1 N–H and O–H groups in total. The molecule has 2 aromatic rings. The minimum Gasteiger partial charge on any atom is -0.344 e. The predicted octanol–water partition coefficient (Wildman–Crippen LogP) is 3.79. The molecular formula is C22H20N2O. The molecule has 1 amide bonds. The molecule has 3 nitrogen and oxygen atoms in total. The lowest BCUT2D eigenvalue weighted by Gasteiger charge is -2.27. The Balaban J connectivity index is 1.73. The lowest BCUT2D eigenvalue weighted by molar-refractivity contribution is -0.115. The number of carbonyl (C=O) groups is 1. The number of nitrogens with zero attached hydrogens (tertiary/aromatic N) is 1. The minimum absolute atomic E-state index is 0.0451. The van der Waals surface area contributed by atoms with E-state index in [0.29, 0.717) is 6.42 Å². The molecule has 2 unspecified atom stereocenters. The van der Waals surface area contributed by atoms with Gasteiger partial charge in [-0.3, -0.25) is 4.79 Å². The highest BCUT2D eigenvalue weighted by Gasteiger charge is 2.51. The van der Waals surface area contributed by atoms with Crippen LogP contribution in [0.25, 0.3) is 5.57 Å². The second-order valence-corrected chi connectivity index (χ2v) is 7.10. The van der Waals surface area contributed by atoms with Crippen molar-refractivity contribution in [2.75, 3.05) is 0 Å². The summed E-state index contributed by atoms with van der Waals surface area (Å²) in [6, 6.07) is 20.5. The zero-order valence-electron chi connectivity index (χ0n) is 14.3. The van der Waals surface area contributed by atoms with Crippen LogP contribution < -0.4 is 5.32 Å². The van der Waals surface area contributed by atoms with E-state index in [-0.39, 0.29) is 11.9 Å². The first-order valence-electron chi connectivity index (χ1n) is 8.69. The fraction of sp³-hybridized carbons (Fsp3) is 0.273. The molecule has 25 heavy (non-hydrogen) atoms. The van der Waals surface area contributed by atoms with Gasteiger partial charge in [-0.15, -0.1) is 0 Å². The molecule has 1 aliphatic carbocycles. The van der Waals surface area contributed by atoms with Crippen molar-refractivity contribution < 1.29 is 4.79 Å². The molecule has 0 aromatic heterocycles. The number of rotatable bonds is 3. The number of amides is 1. The monoisotopic (exact) mass is 328 g/mol. The van der Waals surface area contributed by atoms with E-state index >= 15 is 0 Å². The van der Waals surface area contributed by atoms with Gasteiger partial charge in [0.2, 0.25) is 0 Å². The Kier molecular flexibility index (Phi) is 3.69. The van der Waals surface area contributed by atoms with Gasteiger partial charge in [0.05, 0.1) is 17.5 Å². The maximum absolute atomic E-state index is 12.7. The van der Waals surface area contributed by atoms with E-state index in [4.69, 9.17) is 0 Å². The SMILES string of the molecule is Cc1ccc(C2=C3CCC(C#N)(Cc4ccccc4)C3NC2=O)cc1. The molecule has 4 rings (SSSR count). The van der Waals surface area contributed by atoms with Crippen LogP contribution in [0.15, 0.2) is 60.2 Å². The first kappa shape index (κ1) is 15.7. The highest BCUT2D eigenvalue weighted by Crippen LogP contribution is 2.49. The number of nitrogens with one attached hydrogen (secondary N) is 1. The van der Waals surface area contributed by atoms with Gasteiger partial charge in [0.15, 0.2) is 0 Å². The second kappa shape index (κ2) is 5.89. The molecule has 1 aliphatic heterocycles. The van der Waals surface area contributed by atoms with Crippen molar-refractivity contribution in [1.29, 1.82) is 5.26 Å². The summed E-state index contributed by atoms with van der Waals surface area (Å²) in [5, 5.41) is 13.1. The second-order valence-electron chi connectivity index (χ2n) is 7.10. The van der Waals surface area contributed by atoms with Gasteiger partial charge >= 0.3 is 0 Å². The van der Waals surface area contributed by atoms with Crippen LogP contribution in [0.3, 0.4) is 0 Å². The maximum Gasteiger partial charge on any atom is 0.252 e. The molecule has 3 heteroatoms. The van der Waals surface area contributed by atoms with E-state index in [1.165, 1.54) is 5.56 Å². The molecule has 1 fully saturated rings. The van der Waals surface area contributed by atoms with Crippen LogP contribution in [0.5, 0.6) is 0 Å². The van der Waals surface area contributed by atoms with Crippen molar-refractivity contribution in [1.82, 2.24) is 5.32 Å². The maximum atomic E-state index is 12.7. The van der Waals surface area contributed by atoms with E-state index in [2.05, 4.69) is 23.5 Å². The summed E-state index contributed by atoms with van der Waals surface area (Å²) in [6.45, 7) is 2.04. The van der Waals surface area contributed by atoms with Crippen LogP contribution in [-0.4, -0.2) is 11.9 Å². The van der Waals surface area contributed by atoms with Crippen LogP contribution in [0.2, 0.25) is 0 Å². The molecule has 124 valence electrons. The van der Waals surface area contributed by atoms with Crippen LogP contribution in [0.1, 0.15) is 29.5 Å². The summed E-state index contributed by atoms with van der Waals surface area (Å²) in [5.41, 5.74) is 4.59. The molecule has 1 heterocycles. The average molecular weight is 328 g/mol. The summed E-state index contributed by atoms with van der Waals surface area (Å²) in [5.74, 6) is -0.0451. The Labute approximate surface area is 148 Å². The van der Waals surface area contributed by atoms with Gasteiger partial charge in [0.25, 0.3) is 5.91 Å². The Morgan fingerprint density at radius 2 is 1.88 bits per heavy atom. The van der Waals surface area contributed by atoms with Gasteiger partial charge in [0, 0.05) is 5.57 Å². The van der Waals surface area contributed by atoms with Crippen molar-refractivity contribution >= 4 is 11.5 Å². The zero-order valence-corrected chi connectivity index (χ0v) is 14.3. The molecule has 2 aromatic carbocycles. The molecule has 0 radical (unpaired) electrons. The Morgan fingerprint density at radius 1 is 1.16 bits per heavy atom. The van der Waals surface area contributed by atoms with Gasteiger partial charge in [-0.05, 0) is 42.9 Å². The van der Waals surface area contributed by atoms with Gasteiger partial charge in [-0.25, -0.2) is 0 Å². The van der Waals surface area contributed by atoms with E-state index in [1.54, 1.807) is 0 Å². The number of benzene rings is 2. The quantitative estimate of drug-likeness (QED) is 0.932. The number of nitriles is 1. The Bertz CT molecular complexity index is 890. The van der Waals surface area contributed by atoms with Crippen molar-refractivity contribution in [2.45, 2.75) is 32.2 Å². The molecule has 2 aliphatic rings. The standard InChI is InChI=1S/C22H20N2O/c1-15-7-9-17(10-8-15)19-18-11-12-22(14-23,20(18)24-21(19)25)13-16-5-3-2-4-6-16/h2-10,20H,11-13H2,1H3,(H,24,25). The molecular weight excluding hydrogens is 308 g/mol. The van der Waals surface area contributed by atoms with Crippen molar-refractivity contribution in [3.05, 3.63) is 76.9 Å². The summed E-state index contributed by atoms with van der Waals surface area (Å²) < 4.78 is 0. The molecule has 1 saturated carbocycles. The number of hydrogen-bond donors (Lipinski definition) is 1. The largest absolute Gasteiger partial charge is 0.344 e. The van der Waals surface area contributed by atoms with Gasteiger partial charge in [0.1, 0.15) is 0 Å². The lowest BCUT2D eigenvalue weighted by Crippen LogP contribution is -2.41. The Morgan fingerprint density at radius 3 is 2.56 bits per heavy atom. The van der Waals surface area contributed by atoms with Crippen molar-refractivity contribution in [2.24, 2.45) is 5.41 Å². The Hall–Kier alpha value is -2.86. The summed E-state index contributed by atoms with van der Waals surface area (Å²) in [6.07, 6.45) is 2.25. The normalized spacial score (nSPS) is 24.8. The van der Waals surface area contributed by atoms with Gasteiger partial charge in [-0.1, -0.05) is 60.2 Å².